The Morgan fingerprint density at radius 1 is 1.47 bits per heavy atom. The third-order valence-electron chi connectivity index (χ3n) is 3.45. The van der Waals surface area contributed by atoms with Gasteiger partial charge in [-0.1, -0.05) is 6.92 Å². The second-order valence-electron chi connectivity index (χ2n) is 5.42. The van der Waals surface area contributed by atoms with Crippen LogP contribution in [0.25, 0.3) is 0 Å². The van der Waals surface area contributed by atoms with E-state index >= 15 is 0 Å². The highest BCUT2D eigenvalue weighted by Crippen LogP contribution is 2.18. The Bertz CT molecular complexity index is 237. The van der Waals surface area contributed by atoms with E-state index in [9.17, 15) is 4.79 Å². The number of rotatable bonds is 5. The summed E-state index contributed by atoms with van der Waals surface area (Å²) >= 11 is 0. The number of nitrogens with zero attached hydrogens (tertiary/aromatic N) is 2. The lowest BCUT2D eigenvalue weighted by molar-refractivity contribution is -0.125. The molecule has 0 aromatic heterocycles. The molecule has 0 aromatic carbocycles. The van der Waals surface area contributed by atoms with Gasteiger partial charge >= 0.3 is 0 Å². The zero-order valence-corrected chi connectivity index (χ0v) is 11.3. The molecule has 1 heterocycles. The Kier molecular flexibility index (Phi) is 5.88. The summed E-state index contributed by atoms with van der Waals surface area (Å²) in [5.41, 5.74) is 2.22. The molecule has 1 rings (SSSR count). The Hall–Kier alpha value is -0.650. The normalized spacial score (nSPS) is 20.5. The number of amides is 1. The summed E-state index contributed by atoms with van der Waals surface area (Å²) < 4.78 is 0. The van der Waals surface area contributed by atoms with E-state index in [1.165, 1.54) is 19.4 Å². The van der Waals surface area contributed by atoms with Gasteiger partial charge in [0.15, 0.2) is 0 Å². The van der Waals surface area contributed by atoms with E-state index in [1.807, 2.05) is 6.92 Å². The molecule has 17 heavy (non-hydrogen) atoms. The van der Waals surface area contributed by atoms with Crippen LogP contribution in [0.5, 0.6) is 0 Å². The van der Waals surface area contributed by atoms with Crippen molar-refractivity contribution < 1.29 is 4.79 Å². The van der Waals surface area contributed by atoms with Crippen molar-refractivity contribution in [1.29, 1.82) is 0 Å². The molecule has 1 saturated heterocycles. The van der Waals surface area contributed by atoms with Gasteiger partial charge in [0.05, 0.1) is 0 Å². The first-order valence-electron chi connectivity index (χ1n) is 6.40. The largest absolute Gasteiger partial charge is 0.309 e. The minimum atomic E-state index is -0.0691. The van der Waals surface area contributed by atoms with Crippen LogP contribution >= 0.6 is 0 Å². The van der Waals surface area contributed by atoms with Gasteiger partial charge in [-0.2, -0.15) is 0 Å². The van der Waals surface area contributed by atoms with Crippen LogP contribution in [0.2, 0.25) is 0 Å². The van der Waals surface area contributed by atoms with E-state index in [-0.39, 0.29) is 11.8 Å². The van der Waals surface area contributed by atoms with E-state index in [4.69, 9.17) is 5.84 Å². The Morgan fingerprint density at radius 2 is 2.06 bits per heavy atom. The lowest BCUT2D eigenvalue weighted by Gasteiger charge is -2.34. The lowest BCUT2D eigenvalue weighted by Crippen LogP contribution is -2.43. The van der Waals surface area contributed by atoms with Crippen molar-refractivity contribution in [2.45, 2.75) is 19.8 Å². The maximum Gasteiger partial charge on any atom is 0.237 e. The predicted molar refractivity (Wildman–Crippen MR) is 69.2 cm³/mol. The van der Waals surface area contributed by atoms with Gasteiger partial charge in [0.1, 0.15) is 0 Å². The van der Waals surface area contributed by atoms with Crippen LogP contribution in [0.15, 0.2) is 0 Å². The topological polar surface area (TPSA) is 61.6 Å². The van der Waals surface area contributed by atoms with Gasteiger partial charge in [0.25, 0.3) is 0 Å². The Morgan fingerprint density at radius 3 is 2.53 bits per heavy atom. The van der Waals surface area contributed by atoms with Crippen molar-refractivity contribution in [3.8, 4) is 0 Å². The lowest BCUT2D eigenvalue weighted by atomic mass is 9.95. The molecule has 1 aliphatic heterocycles. The summed E-state index contributed by atoms with van der Waals surface area (Å²) in [5, 5.41) is 0. The Balaban J connectivity index is 2.25. The smallest absolute Gasteiger partial charge is 0.237 e. The molecule has 1 fully saturated rings. The summed E-state index contributed by atoms with van der Waals surface area (Å²) in [5.74, 6) is 5.84. The van der Waals surface area contributed by atoms with Crippen LogP contribution < -0.4 is 11.3 Å². The van der Waals surface area contributed by atoms with Crippen molar-refractivity contribution in [3.05, 3.63) is 0 Å². The van der Waals surface area contributed by atoms with Gasteiger partial charge in [-0.3, -0.25) is 10.2 Å². The molecule has 0 aliphatic carbocycles. The number of hydrazine groups is 1. The maximum absolute atomic E-state index is 11.3. The quantitative estimate of drug-likeness (QED) is 0.401. The first-order chi connectivity index (χ1) is 8.02. The zero-order chi connectivity index (χ0) is 12.8. The van der Waals surface area contributed by atoms with Gasteiger partial charge in [0, 0.05) is 19.0 Å². The number of carbonyl (C=O) groups is 1. The Labute approximate surface area is 104 Å². The molecule has 1 atom stereocenters. The fourth-order valence-corrected chi connectivity index (χ4v) is 2.48. The average molecular weight is 242 g/mol. The molecule has 100 valence electrons. The molecule has 0 saturated carbocycles. The highest BCUT2D eigenvalue weighted by atomic mass is 16.2. The fraction of sp³-hybridized carbons (Fsp3) is 0.917. The van der Waals surface area contributed by atoms with Gasteiger partial charge < -0.3 is 9.80 Å². The summed E-state index contributed by atoms with van der Waals surface area (Å²) in [6, 6.07) is 0. The molecular weight excluding hydrogens is 216 g/mol. The number of hydrogen-bond acceptors (Lipinski definition) is 4. The summed E-state index contributed by atoms with van der Waals surface area (Å²) in [6.45, 7) is 6.11. The van der Waals surface area contributed by atoms with E-state index in [0.29, 0.717) is 0 Å². The second-order valence-corrected chi connectivity index (χ2v) is 5.42. The third kappa shape index (κ3) is 5.02. The zero-order valence-electron chi connectivity index (χ0n) is 11.3. The molecule has 3 N–H and O–H groups in total. The molecule has 1 aliphatic rings. The SMILES string of the molecule is CC(CN1CCC(CN(C)C)CC1)C(=O)NN. The first kappa shape index (κ1) is 14.4. The first-order valence-corrected chi connectivity index (χ1v) is 6.40. The number of nitrogens with two attached hydrogens (primary N) is 1. The van der Waals surface area contributed by atoms with Crippen LogP contribution in [0, 0.1) is 11.8 Å². The highest BCUT2D eigenvalue weighted by molar-refractivity contribution is 5.77. The minimum absolute atomic E-state index is 0.0228. The molecule has 5 nitrogen and oxygen atoms in total. The van der Waals surface area contributed by atoms with Crippen LogP contribution in [-0.2, 0) is 4.79 Å². The number of nitrogens with one attached hydrogen (secondary N) is 1. The average Bonchev–Trinajstić information content (AvgIpc) is 2.30. The standard InChI is InChI=1S/C12H26N4O/c1-10(12(17)14-13)8-16-6-4-11(5-7-16)9-15(2)3/h10-11H,4-9,13H2,1-3H3,(H,14,17). The minimum Gasteiger partial charge on any atom is -0.309 e. The van der Waals surface area contributed by atoms with Crippen molar-refractivity contribution in [3.63, 3.8) is 0 Å². The molecular formula is C12H26N4O. The predicted octanol–water partition coefficient (Wildman–Crippen LogP) is -0.114. The van der Waals surface area contributed by atoms with E-state index in [1.54, 1.807) is 0 Å². The molecule has 0 bridgehead atoms. The number of piperidine rings is 1. The van der Waals surface area contributed by atoms with E-state index in [0.717, 1.165) is 25.6 Å². The highest BCUT2D eigenvalue weighted by Gasteiger charge is 2.22. The number of hydrogen-bond donors (Lipinski definition) is 2. The number of likely N-dealkylation sites (tertiary alicyclic amines) is 1. The molecule has 0 spiro atoms. The third-order valence-corrected chi connectivity index (χ3v) is 3.45. The van der Waals surface area contributed by atoms with Crippen LogP contribution in [0.3, 0.4) is 0 Å². The molecule has 0 radical (unpaired) electrons. The van der Waals surface area contributed by atoms with Crippen LogP contribution in [0.1, 0.15) is 19.8 Å². The maximum atomic E-state index is 11.3. The van der Waals surface area contributed by atoms with Crippen molar-refractivity contribution in [2.75, 3.05) is 40.3 Å². The number of carbonyl (C=O) groups excluding carboxylic acids is 1. The van der Waals surface area contributed by atoms with Crippen molar-refractivity contribution >= 4 is 5.91 Å². The molecule has 1 amide bonds. The van der Waals surface area contributed by atoms with Crippen molar-refractivity contribution in [2.24, 2.45) is 17.7 Å². The second kappa shape index (κ2) is 6.93. The summed E-state index contributed by atoms with van der Waals surface area (Å²) in [6.07, 6.45) is 2.46. The molecule has 5 heteroatoms. The van der Waals surface area contributed by atoms with Crippen molar-refractivity contribution in [1.82, 2.24) is 15.2 Å². The monoisotopic (exact) mass is 242 g/mol. The van der Waals surface area contributed by atoms with Gasteiger partial charge in [-0.25, -0.2) is 5.84 Å². The van der Waals surface area contributed by atoms with E-state index in [2.05, 4.69) is 29.3 Å². The summed E-state index contributed by atoms with van der Waals surface area (Å²) in [4.78, 5) is 15.9. The molecule has 1 unspecified atom stereocenters. The van der Waals surface area contributed by atoms with Gasteiger partial charge in [0.2, 0.25) is 5.91 Å². The van der Waals surface area contributed by atoms with Crippen LogP contribution in [0.4, 0.5) is 0 Å². The fourth-order valence-electron chi connectivity index (χ4n) is 2.48. The van der Waals surface area contributed by atoms with Gasteiger partial charge in [-0.15, -0.1) is 0 Å². The summed E-state index contributed by atoms with van der Waals surface area (Å²) in [7, 11) is 4.25. The van der Waals surface area contributed by atoms with E-state index < -0.39 is 0 Å². The molecule has 0 aromatic rings. The van der Waals surface area contributed by atoms with Gasteiger partial charge in [-0.05, 0) is 45.9 Å². The van der Waals surface area contributed by atoms with Crippen LogP contribution in [-0.4, -0.2) is 56.0 Å².